The third-order valence-corrected chi connectivity index (χ3v) is 3.42. The Balaban J connectivity index is 2.55. The lowest BCUT2D eigenvalue weighted by atomic mass is 10.1. The van der Waals surface area contributed by atoms with Gasteiger partial charge in [0, 0.05) is 18.8 Å². The van der Waals surface area contributed by atoms with Crippen LogP contribution in [-0.2, 0) is 9.53 Å². The molecule has 112 valence electrons. The smallest absolute Gasteiger partial charge is 0.238 e. The van der Waals surface area contributed by atoms with Crippen LogP contribution >= 0.6 is 0 Å². The minimum absolute atomic E-state index is 0.0239. The Labute approximate surface area is 121 Å². The third-order valence-electron chi connectivity index (χ3n) is 3.42. The van der Waals surface area contributed by atoms with Crippen LogP contribution in [0.4, 0.5) is 5.69 Å². The van der Waals surface area contributed by atoms with E-state index in [-0.39, 0.29) is 11.9 Å². The molecule has 20 heavy (non-hydrogen) atoms. The van der Waals surface area contributed by atoms with Gasteiger partial charge in [0.05, 0.1) is 13.2 Å². The van der Waals surface area contributed by atoms with E-state index in [1.807, 2.05) is 32.0 Å². The number of carbonyl (C=O) groups excluding carboxylic acids is 1. The molecule has 1 atom stereocenters. The fourth-order valence-electron chi connectivity index (χ4n) is 2.09. The number of aryl methyl sites for hydroxylation is 2. The van der Waals surface area contributed by atoms with E-state index in [1.54, 1.807) is 7.11 Å². The average molecular weight is 278 g/mol. The second kappa shape index (κ2) is 8.02. The quantitative estimate of drug-likeness (QED) is 0.805. The molecule has 0 spiro atoms. The molecule has 0 fully saturated rings. The van der Waals surface area contributed by atoms with Gasteiger partial charge in [-0.2, -0.15) is 0 Å². The molecule has 0 aliphatic heterocycles. The van der Waals surface area contributed by atoms with Gasteiger partial charge in [-0.3, -0.25) is 4.79 Å². The van der Waals surface area contributed by atoms with Crippen molar-refractivity contribution in [2.75, 3.05) is 25.6 Å². The van der Waals surface area contributed by atoms with Crippen LogP contribution < -0.4 is 10.6 Å². The van der Waals surface area contributed by atoms with Crippen molar-refractivity contribution in [3.05, 3.63) is 29.3 Å². The van der Waals surface area contributed by atoms with Gasteiger partial charge in [0.1, 0.15) is 0 Å². The molecular formula is C16H26N2O2. The van der Waals surface area contributed by atoms with Gasteiger partial charge in [-0.15, -0.1) is 0 Å². The molecule has 1 aromatic rings. The maximum Gasteiger partial charge on any atom is 0.238 e. The summed E-state index contributed by atoms with van der Waals surface area (Å²) in [6, 6.07) is 6.17. The van der Waals surface area contributed by atoms with Crippen LogP contribution in [0.5, 0.6) is 0 Å². The minimum Gasteiger partial charge on any atom is -0.383 e. The Kier molecular flexibility index (Phi) is 6.68. The van der Waals surface area contributed by atoms with Crippen molar-refractivity contribution in [2.45, 2.75) is 33.7 Å². The van der Waals surface area contributed by atoms with Gasteiger partial charge in [0.2, 0.25) is 5.91 Å². The van der Waals surface area contributed by atoms with Crippen molar-refractivity contribution in [3.8, 4) is 0 Å². The van der Waals surface area contributed by atoms with E-state index in [9.17, 15) is 4.79 Å². The van der Waals surface area contributed by atoms with E-state index in [2.05, 4.69) is 24.5 Å². The van der Waals surface area contributed by atoms with Crippen molar-refractivity contribution >= 4 is 11.6 Å². The van der Waals surface area contributed by atoms with Gasteiger partial charge in [-0.05, 0) is 30.9 Å². The van der Waals surface area contributed by atoms with Gasteiger partial charge >= 0.3 is 0 Å². The Morgan fingerprint density at radius 2 is 1.85 bits per heavy atom. The van der Waals surface area contributed by atoms with Crippen molar-refractivity contribution in [3.63, 3.8) is 0 Å². The first kappa shape index (κ1) is 16.7. The maximum atomic E-state index is 12.0. The fraction of sp³-hybridized carbons (Fsp3) is 0.562. The summed E-state index contributed by atoms with van der Waals surface area (Å²) in [7, 11) is 1.67. The van der Waals surface area contributed by atoms with Crippen LogP contribution in [0, 0.1) is 19.8 Å². The molecule has 0 aliphatic rings. The summed E-state index contributed by atoms with van der Waals surface area (Å²) in [5.74, 6) is 0.395. The second-order valence-corrected chi connectivity index (χ2v) is 5.50. The summed E-state index contributed by atoms with van der Waals surface area (Å²) < 4.78 is 5.16. The normalized spacial score (nSPS) is 12.5. The molecule has 0 saturated carbocycles. The molecule has 0 bridgehead atoms. The highest BCUT2D eigenvalue weighted by atomic mass is 16.5. The number of hydrogen-bond donors (Lipinski definition) is 2. The topological polar surface area (TPSA) is 50.4 Å². The summed E-state index contributed by atoms with van der Waals surface area (Å²) in [5, 5.41) is 6.21. The van der Waals surface area contributed by atoms with E-state index in [0.29, 0.717) is 19.1 Å². The molecule has 1 rings (SSSR count). The monoisotopic (exact) mass is 278 g/mol. The summed E-state index contributed by atoms with van der Waals surface area (Å²) in [4.78, 5) is 12.0. The zero-order chi connectivity index (χ0) is 15.1. The lowest BCUT2D eigenvalue weighted by Crippen LogP contribution is -2.42. The Morgan fingerprint density at radius 3 is 2.35 bits per heavy atom. The highest BCUT2D eigenvalue weighted by molar-refractivity contribution is 5.93. The van der Waals surface area contributed by atoms with Crippen molar-refractivity contribution in [1.29, 1.82) is 0 Å². The molecule has 0 aliphatic carbocycles. The maximum absolute atomic E-state index is 12.0. The highest BCUT2D eigenvalue weighted by Crippen LogP contribution is 2.19. The van der Waals surface area contributed by atoms with E-state index in [1.165, 1.54) is 0 Å². The summed E-state index contributed by atoms with van der Waals surface area (Å²) in [6.45, 7) is 9.12. The first-order chi connectivity index (χ1) is 9.45. The van der Waals surface area contributed by atoms with Crippen molar-refractivity contribution in [1.82, 2.24) is 5.32 Å². The highest BCUT2D eigenvalue weighted by Gasteiger charge is 2.14. The molecule has 1 aromatic carbocycles. The SMILES string of the molecule is COC[C@@H](NCC(=O)Nc1c(C)cccc1C)C(C)C. The number of anilines is 1. The fourth-order valence-corrected chi connectivity index (χ4v) is 2.09. The van der Waals surface area contributed by atoms with Gasteiger partial charge < -0.3 is 15.4 Å². The number of ether oxygens (including phenoxy) is 1. The molecule has 0 heterocycles. The first-order valence-electron chi connectivity index (χ1n) is 7.04. The zero-order valence-corrected chi connectivity index (χ0v) is 13.1. The lowest BCUT2D eigenvalue weighted by Gasteiger charge is -2.21. The Bertz CT molecular complexity index is 424. The van der Waals surface area contributed by atoms with Gasteiger partial charge in [-0.25, -0.2) is 0 Å². The van der Waals surface area contributed by atoms with E-state index in [0.717, 1.165) is 16.8 Å². The van der Waals surface area contributed by atoms with Crippen molar-refractivity contribution < 1.29 is 9.53 Å². The lowest BCUT2D eigenvalue weighted by molar-refractivity contribution is -0.115. The van der Waals surface area contributed by atoms with Crippen molar-refractivity contribution in [2.24, 2.45) is 5.92 Å². The first-order valence-corrected chi connectivity index (χ1v) is 7.04. The number of nitrogens with one attached hydrogen (secondary N) is 2. The van der Waals surface area contributed by atoms with Crippen LogP contribution in [0.2, 0.25) is 0 Å². The van der Waals surface area contributed by atoms with Crippen LogP contribution in [-0.4, -0.2) is 32.2 Å². The number of para-hydroxylation sites is 1. The Morgan fingerprint density at radius 1 is 1.25 bits per heavy atom. The number of methoxy groups -OCH3 is 1. The molecule has 1 amide bonds. The van der Waals surface area contributed by atoms with Crippen LogP contribution in [0.15, 0.2) is 18.2 Å². The number of carbonyl (C=O) groups is 1. The second-order valence-electron chi connectivity index (χ2n) is 5.50. The van der Waals surface area contributed by atoms with Crippen LogP contribution in [0.1, 0.15) is 25.0 Å². The van der Waals surface area contributed by atoms with Crippen LogP contribution in [0.3, 0.4) is 0 Å². The number of amides is 1. The zero-order valence-electron chi connectivity index (χ0n) is 13.1. The van der Waals surface area contributed by atoms with Crippen LogP contribution in [0.25, 0.3) is 0 Å². The summed E-state index contributed by atoms with van der Waals surface area (Å²) in [5.41, 5.74) is 3.07. The van der Waals surface area contributed by atoms with E-state index >= 15 is 0 Å². The molecule has 0 unspecified atom stereocenters. The molecule has 0 saturated heterocycles. The van der Waals surface area contributed by atoms with E-state index in [4.69, 9.17) is 4.74 Å². The molecule has 0 aromatic heterocycles. The standard InChI is InChI=1S/C16H26N2O2/c1-11(2)14(10-20-5)17-9-15(19)18-16-12(3)7-6-8-13(16)4/h6-8,11,14,17H,9-10H2,1-5H3,(H,18,19)/t14-/m1/s1. The average Bonchev–Trinajstić information content (AvgIpc) is 2.38. The number of hydrogen-bond acceptors (Lipinski definition) is 3. The number of benzene rings is 1. The molecule has 4 heteroatoms. The minimum atomic E-state index is -0.0239. The molecular weight excluding hydrogens is 252 g/mol. The third kappa shape index (κ3) is 4.94. The molecule has 2 N–H and O–H groups in total. The largest absolute Gasteiger partial charge is 0.383 e. The predicted molar refractivity (Wildman–Crippen MR) is 83.1 cm³/mol. The summed E-state index contributed by atoms with van der Waals surface area (Å²) >= 11 is 0. The molecule has 4 nitrogen and oxygen atoms in total. The number of rotatable bonds is 7. The van der Waals surface area contributed by atoms with Gasteiger partial charge in [-0.1, -0.05) is 32.0 Å². The van der Waals surface area contributed by atoms with E-state index < -0.39 is 0 Å². The molecule has 0 radical (unpaired) electrons. The van der Waals surface area contributed by atoms with Gasteiger partial charge in [0.25, 0.3) is 0 Å². The summed E-state index contributed by atoms with van der Waals surface area (Å²) in [6.07, 6.45) is 0. The Hall–Kier alpha value is -1.39. The predicted octanol–water partition coefficient (Wildman–Crippen LogP) is 2.50. The van der Waals surface area contributed by atoms with Gasteiger partial charge in [0.15, 0.2) is 0 Å².